The lowest BCUT2D eigenvalue weighted by Crippen LogP contribution is -2.11. The van der Waals surface area contributed by atoms with E-state index in [-0.39, 0.29) is 31.0 Å². The Balaban J connectivity index is 3.53. The number of rotatable bonds is 6. The fourth-order valence-electron chi connectivity index (χ4n) is 0.622. The maximum absolute atomic E-state index is 10.7. The average molecular weight is 184 g/mol. The Morgan fingerprint density at radius 1 is 1.38 bits per heavy atom. The predicted molar refractivity (Wildman–Crippen MR) is 46.1 cm³/mol. The molecular weight excluding hydrogens is 172 g/mol. The lowest BCUT2D eigenvalue weighted by atomic mass is 10.3. The number of carbonyl (C=O) groups is 3. The fourth-order valence-corrected chi connectivity index (χ4v) is 0.622. The van der Waals surface area contributed by atoms with Gasteiger partial charge < -0.3 is 4.74 Å². The molecule has 0 aliphatic rings. The van der Waals surface area contributed by atoms with Gasteiger partial charge in [-0.3, -0.25) is 14.4 Å². The second-order valence-corrected chi connectivity index (χ2v) is 2.52. The number of carbonyl (C=O) groups excluding carboxylic acids is 3. The summed E-state index contributed by atoms with van der Waals surface area (Å²) in [5, 5.41) is 0. The van der Waals surface area contributed by atoms with E-state index in [1.807, 2.05) is 0 Å². The maximum atomic E-state index is 10.7. The van der Waals surface area contributed by atoms with Crippen molar-refractivity contribution in [2.24, 2.45) is 0 Å². The van der Waals surface area contributed by atoms with Gasteiger partial charge in [-0.25, -0.2) is 0 Å². The standard InChI is InChI=1S/C9H12O4/c1-3-8(11)4-5-13-9(12)6-7(2)10/h3H,1,4-6H2,2H3. The molecule has 0 aliphatic carbocycles. The Kier molecular flexibility index (Phi) is 5.43. The third-order valence-corrected chi connectivity index (χ3v) is 1.23. The van der Waals surface area contributed by atoms with E-state index >= 15 is 0 Å². The first kappa shape index (κ1) is 11.6. The minimum atomic E-state index is -0.593. The molecule has 4 heteroatoms. The topological polar surface area (TPSA) is 60.4 Å². The van der Waals surface area contributed by atoms with Crippen LogP contribution in [0.25, 0.3) is 0 Å². The zero-order chi connectivity index (χ0) is 10.3. The van der Waals surface area contributed by atoms with Crippen molar-refractivity contribution in [1.29, 1.82) is 0 Å². The summed E-state index contributed by atoms with van der Waals surface area (Å²) in [6.45, 7) is 4.58. The van der Waals surface area contributed by atoms with Crippen molar-refractivity contribution in [1.82, 2.24) is 0 Å². The molecule has 13 heavy (non-hydrogen) atoms. The van der Waals surface area contributed by atoms with Gasteiger partial charge in [0.2, 0.25) is 0 Å². The van der Waals surface area contributed by atoms with Crippen molar-refractivity contribution >= 4 is 17.5 Å². The van der Waals surface area contributed by atoms with Crippen LogP contribution in [0.15, 0.2) is 12.7 Å². The van der Waals surface area contributed by atoms with Crippen LogP contribution in [0.4, 0.5) is 0 Å². The molecule has 0 radical (unpaired) electrons. The van der Waals surface area contributed by atoms with Crippen molar-refractivity contribution in [3.8, 4) is 0 Å². The first-order valence-electron chi connectivity index (χ1n) is 3.86. The molecule has 4 nitrogen and oxygen atoms in total. The van der Waals surface area contributed by atoms with Crippen LogP contribution in [0.2, 0.25) is 0 Å². The molecule has 0 aliphatic heterocycles. The summed E-state index contributed by atoms with van der Waals surface area (Å²) in [4.78, 5) is 31.8. The molecule has 0 saturated carbocycles. The highest BCUT2D eigenvalue weighted by Crippen LogP contribution is 1.91. The molecule has 0 aromatic carbocycles. The number of Topliss-reactive ketones (excluding diaryl/α,β-unsaturated/α-hetero) is 1. The van der Waals surface area contributed by atoms with E-state index in [4.69, 9.17) is 0 Å². The van der Waals surface area contributed by atoms with Gasteiger partial charge in [-0.2, -0.15) is 0 Å². The van der Waals surface area contributed by atoms with Gasteiger partial charge in [-0.05, 0) is 13.0 Å². The van der Waals surface area contributed by atoms with Gasteiger partial charge in [0.05, 0.1) is 6.61 Å². The maximum Gasteiger partial charge on any atom is 0.313 e. The summed E-state index contributed by atoms with van der Waals surface area (Å²) in [6.07, 6.45) is 1.05. The fraction of sp³-hybridized carbons (Fsp3) is 0.444. The van der Waals surface area contributed by atoms with E-state index in [1.165, 1.54) is 13.0 Å². The van der Waals surface area contributed by atoms with Crippen molar-refractivity contribution in [3.63, 3.8) is 0 Å². The number of hydrogen-bond donors (Lipinski definition) is 0. The molecule has 0 spiro atoms. The average Bonchev–Trinajstić information content (AvgIpc) is 2.02. The van der Waals surface area contributed by atoms with Crippen molar-refractivity contribution in [2.75, 3.05) is 6.61 Å². The van der Waals surface area contributed by atoms with Crippen LogP contribution in [-0.4, -0.2) is 24.1 Å². The first-order chi connectivity index (χ1) is 6.06. The Morgan fingerprint density at radius 2 is 2.00 bits per heavy atom. The quantitative estimate of drug-likeness (QED) is 0.345. The molecule has 0 aromatic rings. The van der Waals surface area contributed by atoms with Gasteiger partial charge in [0, 0.05) is 6.42 Å². The number of allylic oxidation sites excluding steroid dienone is 1. The number of esters is 1. The molecule has 0 amide bonds. The van der Waals surface area contributed by atoms with Gasteiger partial charge >= 0.3 is 5.97 Å². The molecule has 0 rings (SSSR count). The lowest BCUT2D eigenvalue weighted by Gasteiger charge is -2.00. The monoisotopic (exact) mass is 184 g/mol. The highest BCUT2D eigenvalue weighted by Gasteiger charge is 2.06. The SMILES string of the molecule is C=CC(=O)CCOC(=O)CC(C)=O. The Bertz CT molecular complexity index is 230. The molecule has 0 atom stereocenters. The molecular formula is C9H12O4. The normalized spacial score (nSPS) is 9.00. The second-order valence-electron chi connectivity index (χ2n) is 2.52. The number of hydrogen-bond acceptors (Lipinski definition) is 4. The van der Waals surface area contributed by atoms with Crippen LogP contribution in [0.1, 0.15) is 19.8 Å². The highest BCUT2D eigenvalue weighted by molar-refractivity contribution is 5.94. The molecule has 0 fully saturated rings. The summed E-state index contributed by atoms with van der Waals surface area (Å²) in [7, 11) is 0. The van der Waals surface area contributed by atoms with E-state index < -0.39 is 5.97 Å². The molecule has 0 saturated heterocycles. The third kappa shape index (κ3) is 6.93. The molecule has 0 heterocycles. The summed E-state index contributed by atoms with van der Waals surface area (Å²) >= 11 is 0. The minimum absolute atomic E-state index is 0.0109. The van der Waals surface area contributed by atoms with Crippen LogP contribution in [-0.2, 0) is 19.1 Å². The smallest absolute Gasteiger partial charge is 0.313 e. The molecule has 0 N–H and O–H groups in total. The van der Waals surface area contributed by atoms with E-state index in [9.17, 15) is 14.4 Å². The Hall–Kier alpha value is -1.45. The van der Waals surface area contributed by atoms with Crippen molar-refractivity contribution in [3.05, 3.63) is 12.7 Å². The van der Waals surface area contributed by atoms with Gasteiger partial charge in [0.25, 0.3) is 0 Å². The summed E-state index contributed by atoms with van der Waals surface area (Å²) in [5.41, 5.74) is 0. The van der Waals surface area contributed by atoms with Crippen LogP contribution in [0.3, 0.4) is 0 Å². The molecule has 0 bridgehead atoms. The third-order valence-electron chi connectivity index (χ3n) is 1.23. The molecule has 0 aromatic heterocycles. The second kappa shape index (κ2) is 6.11. The van der Waals surface area contributed by atoms with E-state index in [0.29, 0.717) is 0 Å². The van der Waals surface area contributed by atoms with E-state index in [0.717, 1.165) is 0 Å². The van der Waals surface area contributed by atoms with Crippen molar-refractivity contribution in [2.45, 2.75) is 19.8 Å². The van der Waals surface area contributed by atoms with E-state index in [1.54, 1.807) is 0 Å². The molecule has 72 valence electrons. The van der Waals surface area contributed by atoms with Crippen LogP contribution >= 0.6 is 0 Å². The zero-order valence-corrected chi connectivity index (χ0v) is 7.54. The van der Waals surface area contributed by atoms with Crippen LogP contribution in [0.5, 0.6) is 0 Å². The van der Waals surface area contributed by atoms with Gasteiger partial charge in [-0.15, -0.1) is 0 Å². The largest absolute Gasteiger partial charge is 0.465 e. The summed E-state index contributed by atoms with van der Waals surface area (Å²) in [6, 6.07) is 0. The van der Waals surface area contributed by atoms with E-state index in [2.05, 4.69) is 11.3 Å². The highest BCUT2D eigenvalue weighted by atomic mass is 16.5. The predicted octanol–water partition coefficient (Wildman–Crippen LogP) is 0.654. The molecule has 0 unspecified atom stereocenters. The summed E-state index contributed by atoms with van der Waals surface area (Å²) in [5.74, 6) is -1.03. The van der Waals surface area contributed by atoms with Gasteiger partial charge in [-0.1, -0.05) is 6.58 Å². The minimum Gasteiger partial charge on any atom is -0.465 e. The van der Waals surface area contributed by atoms with Gasteiger partial charge in [0.1, 0.15) is 12.2 Å². The Labute approximate surface area is 76.6 Å². The van der Waals surface area contributed by atoms with Gasteiger partial charge in [0.15, 0.2) is 5.78 Å². The summed E-state index contributed by atoms with van der Waals surface area (Å²) < 4.78 is 4.60. The zero-order valence-electron chi connectivity index (χ0n) is 7.54. The number of ether oxygens (including phenoxy) is 1. The number of ketones is 2. The first-order valence-corrected chi connectivity index (χ1v) is 3.86. The van der Waals surface area contributed by atoms with Crippen molar-refractivity contribution < 1.29 is 19.1 Å². The Morgan fingerprint density at radius 3 is 2.46 bits per heavy atom. The van der Waals surface area contributed by atoms with Crippen LogP contribution in [0, 0.1) is 0 Å². The lowest BCUT2D eigenvalue weighted by molar-refractivity contribution is -0.145. The van der Waals surface area contributed by atoms with Crippen LogP contribution < -0.4 is 0 Å².